The molecule has 3 aromatic rings. The number of carbonyl (C=O) groups excluding carboxylic acids is 1. The molecule has 0 spiro atoms. The van der Waals surface area contributed by atoms with Crippen LogP contribution in [0.1, 0.15) is 33.0 Å². The van der Waals surface area contributed by atoms with E-state index in [4.69, 9.17) is 21.6 Å². The Morgan fingerprint density at radius 3 is 2.66 bits per heavy atom. The Kier molecular flexibility index (Phi) is 6.76. The number of aromatic nitrogens is 2. The van der Waals surface area contributed by atoms with Crippen LogP contribution in [0.5, 0.6) is 11.5 Å². The number of aryl methyl sites for hydroxylation is 1. The maximum Gasteiger partial charge on any atom is 0.416 e. The van der Waals surface area contributed by atoms with E-state index in [0.717, 1.165) is 6.07 Å². The molecule has 3 rings (SSSR count). The molecule has 0 bridgehead atoms. The molecule has 0 atom stereocenters. The fourth-order valence-corrected chi connectivity index (χ4v) is 3.42. The molecular formula is C20H12BrClF4N4O2. The fraction of sp³-hybridized carbons (Fsp3) is 0.150. The Hall–Kier alpha value is -3.10. The normalized spacial score (nSPS) is 11.2. The lowest BCUT2D eigenvalue weighted by atomic mass is 10.1. The van der Waals surface area contributed by atoms with E-state index in [-0.39, 0.29) is 33.0 Å². The van der Waals surface area contributed by atoms with Gasteiger partial charge >= 0.3 is 6.18 Å². The number of nitrogens with one attached hydrogen (secondary N) is 2. The quantitative estimate of drug-likeness (QED) is 0.402. The van der Waals surface area contributed by atoms with Crippen molar-refractivity contribution in [3.63, 3.8) is 0 Å². The molecule has 2 N–H and O–H groups in total. The lowest BCUT2D eigenvalue weighted by molar-refractivity contribution is -0.137. The zero-order valence-corrected chi connectivity index (χ0v) is 18.4. The van der Waals surface area contributed by atoms with Crippen LogP contribution >= 0.6 is 27.5 Å². The van der Waals surface area contributed by atoms with Crippen LogP contribution in [0.2, 0.25) is 5.02 Å². The van der Waals surface area contributed by atoms with Crippen LogP contribution in [0.3, 0.4) is 0 Å². The molecule has 0 fully saturated rings. The molecule has 0 aliphatic carbocycles. The predicted molar refractivity (Wildman–Crippen MR) is 110 cm³/mol. The molecule has 166 valence electrons. The number of amides is 1. The summed E-state index contributed by atoms with van der Waals surface area (Å²) in [6.45, 7) is 1.38. The summed E-state index contributed by atoms with van der Waals surface area (Å²) in [5.74, 6) is -2.01. The summed E-state index contributed by atoms with van der Waals surface area (Å²) in [6.07, 6.45) is -4.74. The van der Waals surface area contributed by atoms with Crippen molar-refractivity contribution in [3.8, 4) is 17.6 Å². The first-order chi connectivity index (χ1) is 15.0. The highest BCUT2D eigenvalue weighted by molar-refractivity contribution is 9.10. The van der Waals surface area contributed by atoms with Crippen molar-refractivity contribution in [1.29, 1.82) is 5.26 Å². The van der Waals surface area contributed by atoms with Crippen LogP contribution in [-0.4, -0.2) is 15.9 Å². The van der Waals surface area contributed by atoms with Gasteiger partial charge in [0.25, 0.3) is 5.91 Å². The van der Waals surface area contributed by atoms with Gasteiger partial charge in [0.05, 0.1) is 22.2 Å². The lowest BCUT2D eigenvalue weighted by Crippen LogP contribution is -2.24. The number of carbonyl (C=O) groups is 1. The predicted octanol–water partition coefficient (Wildman–Crippen LogP) is 5.89. The number of ether oxygens (including phenoxy) is 1. The van der Waals surface area contributed by atoms with Crippen molar-refractivity contribution in [2.75, 3.05) is 0 Å². The van der Waals surface area contributed by atoms with E-state index in [9.17, 15) is 22.4 Å². The second-order valence-corrected chi connectivity index (χ2v) is 7.64. The molecular weight excluding hydrogens is 520 g/mol. The van der Waals surface area contributed by atoms with E-state index in [1.165, 1.54) is 12.1 Å². The van der Waals surface area contributed by atoms with E-state index in [1.807, 2.05) is 0 Å². The Morgan fingerprint density at radius 1 is 1.34 bits per heavy atom. The number of hydrogen-bond acceptors (Lipinski definition) is 4. The number of imidazole rings is 1. The van der Waals surface area contributed by atoms with Crippen molar-refractivity contribution in [2.45, 2.75) is 19.6 Å². The van der Waals surface area contributed by atoms with Gasteiger partial charge in [-0.05, 0) is 47.1 Å². The molecule has 12 heteroatoms. The number of halogens is 6. The minimum Gasteiger partial charge on any atom is -0.453 e. The maximum atomic E-state index is 15.0. The number of nitriles is 1. The van der Waals surface area contributed by atoms with Crippen LogP contribution in [0.4, 0.5) is 17.6 Å². The van der Waals surface area contributed by atoms with Gasteiger partial charge in [-0.1, -0.05) is 17.7 Å². The Bertz CT molecular complexity index is 1240. The summed E-state index contributed by atoms with van der Waals surface area (Å²) in [7, 11) is 0. The Labute approximate surface area is 192 Å². The van der Waals surface area contributed by atoms with Crippen molar-refractivity contribution in [3.05, 3.63) is 74.0 Å². The smallest absolute Gasteiger partial charge is 0.416 e. The zero-order chi connectivity index (χ0) is 23.6. The summed E-state index contributed by atoms with van der Waals surface area (Å²) < 4.78 is 59.8. The first-order valence-electron chi connectivity index (χ1n) is 8.77. The monoisotopic (exact) mass is 530 g/mol. The largest absolute Gasteiger partial charge is 0.453 e. The average molecular weight is 532 g/mol. The molecule has 32 heavy (non-hydrogen) atoms. The van der Waals surface area contributed by atoms with E-state index in [2.05, 4.69) is 31.2 Å². The second-order valence-electron chi connectivity index (χ2n) is 6.48. The van der Waals surface area contributed by atoms with Gasteiger partial charge in [0.2, 0.25) is 0 Å². The molecule has 0 aliphatic heterocycles. The Morgan fingerprint density at radius 2 is 2.06 bits per heavy atom. The highest BCUT2D eigenvalue weighted by atomic mass is 79.9. The minimum atomic E-state index is -4.74. The summed E-state index contributed by atoms with van der Waals surface area (Å²) in [4.78, 5) is 19.0. The SMILES string of the molecule is Cc1nc(Br)c(C(=O)NCc2ccc(Cl)c(Oc3cc(C#N)cc(C(F)(F)F)c3)c2F)[nH]1. The van der Waals surface area contributed by atoms with Crippen molar-refractivity contribution in [2.24, 2.45) is 0 Å². The number of H-pyrrole nitrogens is 1. The highest BCUT2D eigenvalue weighted by Crippen LogP contribution is 2.37. The van der Waals surface area contributed by atoms with Gasteiger partial charge in [-0.15, -0.1) is 0 Å². The van der Waals surface area contributed by atoms with Gasteiger partial charge in [0.1, 0.15) is 21.9 Å². The van der Waals surface area contributed by atoms with Gasteiger partial charge in [0.15, 0.2) is 11.6 Å². The van der Waals surface area contributed by atoms with Crippen molar-refractivity contribution < 1.29 is 27.1 Å². The fourth-order valence-electron chi connectivity index (χ4n) is 2.69. The van der Waals surface area contributed by atoms with Gasteiger partial charge in [-0.25, -0.2) is 9.37 Å². The zero-order valence-electron chi connectivity index (χ0n) is 16.1. The van der Waals surface area contributed by atoms with Crippen LogP contribution in [0.15, 0.2) is 34.9 Å². The second kappa shape index (κ2) is 9.18. The Balaban J connectivity index is 1.87. The van der Waals surface area contributed by atoms with Crippen LogP contribution < -0.4 is 10.1 Å². The third-order valence-electron chi connectivity index (χ3n) is 4.16. The van der Waals surface area contributed by atoms with Crippen molar-refractivity contribution in [1.82, 2.24) is 15.3 Å². The third kappa shape index (κ3) is 5.20. The van der Waals surface area contributed by atoms with Crippen LogP contribution in [0, 0.1) is 24.1 Å². The molecule has 6 nitrogen and oxygen atoms in total. The summed E-state index contributed by atoms with van der Waals surface area (Å²) in [6, 6.07) is 6.46. The first kappa shape index (κ1) is 23.6. The average Bonchev–Trinajstić information content (AvgIpc) is 3.07. The molecule has 0 saturated carbocycles. The van der Waals surface area contributed by atoms with Crippen molar-refractivity contribution >= 4 is 33.4 Å². The standard InChI is InChI=1S/C20H12BrClF4N4O2/c1-9-29-16(18(21)30-9)19(31)28-8-11-2-3-14(22)17(15(11)23)32-13-5-10(7-27)4-12(6-13)20(24,25)26/h2-6H,8H2,1H3,(H,28,31)(H,29,30). The number of nitrogens with zero attached hydrogens (tertiary/aromatic N) is 2. The van der Waals surface area contributed by atoms with E-state index in [0.29, 0.717) is 18.0 Å². The van der Waals surface area contributed by atoms with E-state index >= 15 is 0 Å². The van der Waals surface area contributed by atoms with Crippen LogP contribution in [0.25, 0.3) is 0 Å². The minimum absolute atomic E-state index is 0.0300. The molecule has 0 aliphatic rings. The molecule has 2 aromatic carbocycles. The number of benzene rings is 2. The number of alkyl halides is 3. The molecule has 0 saturated heterocycles. The van der Waals surface area contributed by atoms with Gasteiger partial charge in [0, 0.05) is 12.1 Å². The summed E-state index contributed by atoms with van der Waals surface area (Å²) >= 11 is 9.11. The molecule has 1 amide bonds. The molecule has 0 radical (unpaired) electrons. The van der Waals surface area contributed by atoms with E-state index in [1.54, 1.807) is 13.0 Å². The topological polar surface area (TPSA) is 90.8 Å². The van der Waals surface area contributed by atoms with Gasteiger partial charge in [-0.2, -0.15) is 18.4 Å². The number of hydrogen-bond donors (Lipinski definition) is 2. The van der Waals surface area contributed by atoms with Gasteiger partial charge in [-0.3, -0.25) is 4.79 Å². The first-order valence-corrected chi connectivity index (χ1v) is 9.94. The summed E-state index contributed by atoms with van der Waals surface area (Å²) in [5, 5.41) is 11.3. The third-order valence-corrected chi connectivity index (χ3v) is 5.03. The maximum absolute atomic E-state index is 15.0. The molecule has 1 heterocycles. The number of aromatic amines is 1. The molecule has 0 unspecified atom stereocenters. The summed E-state index contributed by atoms with van der Waals surface area (Å²) in [5.41, 5.74) is -1.35. The lowest BCUT2D eigenvalue weighted by Gasteiger charge is -2.14. The van der Waals surface area contributed by atoms with Gasteiger partial charge < -0.3 is 15.0 Å². The van der Waals surface area contributed by atoms with Crippen LogP contribution in [-0.2, 0) is 12.7 Å². The van der Waals surface area contributed by atoms with E-state index < -0.39 is 35.0 Å². The number of rotatable bonds is 5. The highest BCUT2D eigenvalue weighted by Gasteiger charge is 2.32. The molecule has 1 aromatic heterocycles.